The molecule has 29 heavy (non-hydrogen) atoms. The number of hydrogen-bond acceptors (Lipinski definition) is 5. The second kappa shape index (κ2) is 8.18. The molecule has 2 aromatic carbocycles. The zero-order valence-electron chi connectivity index (χ0n) is 15.3. The number of aromatic nitrogens is 3. The summed E-state index contributed by atoms with van der Waals surface area (Å²) in [6, 6.07) is 20.1. The third kappa shape index (κ3) is 4.03. The molecule has 0 aliphatic rings. The minimum atomic E-state index is -1.02. The first-order valence-corrected chi connectivity index (χ1v) is 8.89. The molecule has 0 atom stereocenters. The molecule has 0 saturated carbocycles. The topological polar surface area (TPSA) is 92.4 Å². The first-order chi connectivity index (χ1) is 14.2. The van der Waals surface area contributed by atoms with E-state index in [4.69, 9.17) is 0 Å². The Hall–Kier alpha value is -4.26. The van der Waals surface area contributed by atoms with Gasteiger partial charge in [-0.05, 0) is 36.4 Å². The van der Waals surface area contributed by atoms with Gasteiger partial charge in [-0.2, -0.15) is 10.2 Å². The summed E-state index contributed by atoms with van der Waals surface area (Å²) in [7, 11) is 0. The molecule has 7 heteroatoms. The number of hydrogen-bond donors (Lipinski definition) is 2. The molecule has 4 aromatic rings. The Balaban J connectivity index is 1.68. The normalized spacial score (nSPS) is 10.9. The number of carbonyl (C=O) groups is 1. The summed E-state index contributed by atoms with van der Waals surface area (Å²) in [5.74, 6) is -1.02. The highest BCUT2D eigenvalue weighted by Crippen LogP contribution is 2.22. The van der Waals surface area contributed by atoms with E-state index in [2.05, 4.69) is 20.6 Å². The highest BCUT2D eigenvalue weighted by molar-refractivity contribution is 5.94. The second-order valence-corrected chi connectivity index (χ2v) is 6.18. The van der Waals surface area contributed by atoms with Gasteiger partial charge in [-0.3, -0.25) is 10.4 Å². The summed E-state index contributed by atoms with van der Waals surface area (Å²) >= 11 is 0. The standard InChI is InChI=1S/C22H17N5O2/c28-22(29)19-10-4-5-11-20(19)25-24-14-17-15-27(18-8-2-1-3-9-18)26-21(17)16-7-6-12-23-13-16/h1-15,25H,(H,28,29)/b24-14+. The van der Waals surface area contributed by atoms with Crippen molar-refractivity contribution in [1.82, 2.24) is 14.8 Å². The minimum absolute atomic E-state index is 0.150. The van der Waals surface area contributed by atoms with E-state index in [1.54, 1.807) is 41.5 Å². The van der Waals surface area contributed by atoms with E-state index in [1.165, 1.54) is 6.07 Å². The van der Waals surface area contributed by atoms with Crippen molar-refractivity contribution in [2.75, 3.05) is 5.43 Å². The van der Waals surface area contributed by atoms with Crippen LogP contribution in [0.25, 0.3) is 16.9 Å². The number of anilines is 1. The smallest absolute Gasteiger partial charge is 0.337 e. The molecule has 0 unspecified atom stereocenters. The Morgan fingerprint density at radius 2 is 1.83 bits per heavy atom. The van der Waals surface area contributed by atoms with E-state index in [9.17, 15) is 9.90 Å². The van der Waals surface area contributed by atoms with Crippen molar-refractivity contribution in [2.45, 2.75) is 0 Å². The van der Waals surface area contributed by atoms with Crippen LogP contribution in [0.4, 0.5) is 5.69 Å². The van der Waals surface area contributed by atoms with Crippen LogP contribution in [0.5, 0.6) is 0 Å². The number of pyridine rings is 1. The Bertz CT molecular complexity index is 1150. The van der Waals surface area contributed by atoms with Crippen LogP contribution in [0.2, 0.25) is 0 Å². The highest BCUT2D eigenvalue weighted by Gasteiger charge is 2.12. The number of carboxylic acid groups (broad SMARTS) is 1. The molecule has 0 spiro atoms. The van der Waals surface area contributed by atoms with Crippen LogP contribution < -0.4 is 5.43 Å². The SMILES string of the molecule is O=C(O)c1ccccc1N/N=C/c1cn(-c2ccccc2)nc1-c1cccnc1. The fourth-order valence-corrected chi connectivity index (χ4v) is 2.86. The minimum Gasteiger partial charge on any atom is -0.478 e. The molecule has 0 bridgehead atoms. The van der Waals surface area contributed by atoms with Crippen molar-refractivity contribution < 1.29 is 9.90 Å². The van der Waals surface area contributed by atoms with Crippen molar-refractivity contribution in [1.29, 1.82) is 0 Å². The second-order valence-electron chi connectivity index (χ2n) is 6.18. The van der Waals surface area contributed by atoms with Crippen molar-refractivity contribution in [2.24, 2.45) is 5.10 Å². The monoisotopic (exact) mass is 383 g/mol. The zero-order chi connectivity index (χ0) is 20.1. The third-order valence-electron chi connectivity index (χ3n) is 4.24. The van der Waals surface area contributed by atoms with E-state index >= 15 is 0 Å². The quantitative estimate of drug-likeness (QED) is 0.387. The Morgan fingerprint density at radius 3 is 2.59 bits per heavy atom. The number of nitrogens with zero attached hydrogens (tertiary/aromatic N) is 4. The van der Waals surface area contributed by atoms with Crippen molar-refractivity contribution in [3.63, 3.8) is 0 Å². The van der Waals surface area contributed by atoms with E-state index in [0.717, 1.165) is 22.5 Å². The molecule has 0 amide bonds. The average Bonchev–Trinajstić information content (AvgIpc) is 3.19. The van der Waals surface area contributed by atoms with Crippen LogP contribution in [0.1, 0.15) is 15.9 Å². The largest absolute Gasteiger partial charge is 0.478 e. The average molecular weight is 383 g/mol. The van der Waals surface area contributed by atoms with Gasteiger partial charge in [-0.25, -0.2) is 9.48 Å². The van der Waals surface area contributed by atoms with Crippen LogP contribution in [0, 0.1) is 0 Å². The van der Waals surface area contributed by atoms with Crippen molar-refractivity contribution in [3.8, 4) is 16.9 Å². The maximum absolute atomic E-state index is 11.3. The molecule has 7 nitrogen and oxygen atoms in total. The van der Waals surface area contributed by atoms with Gasteiger partial charge in [0.05, 0.1) is 23.2 Å². The maximum atomic E-state index is 11.3. The summed E-state index contributed by atoms with van der Waals surface area (Å²) < 4.78 is 1.77. The van der Waals surface area contributed by atoms with Gasteiger partial charge in [0.25, 0.3) is 0 Å². The van der Waals surface area contributed by atoms with E-state index < -0.39 is 5.97 Å². The molecular weight excluding hydrogens is 366 g/mol. The zero-order valence-corrected chi connectivity index (χ0v) is 15.3. The van der Waals surface area contributed by atoms with E-state index in [-0.39, 0.29) is 5.56 Å². The lowest BCUT2D eigenvalue weighted by Gasteiger charge is -2.04. The Kier molecular flexibility index (Phi) is 5.11. The number of para-hydroxylation sites is 2. The van der Waals surface area contributed by atoms with Gasteiger partial charge >= 0.3 is 5.97 Å². The molecule has 0 fully saturated rings. The van der Waals surface area contributed by atoms with Crippen LogP contribution in [-0.2, 0) is 0 Å². The summed E-state index contributed by atoms with van der Waals surface area (Å²) in [6.45, 7) is 0. The summed E-state index contributed by atoms with van der Waals surface area (Å²) in [5, 5.41) is 18.2. The molecule has 2 N–H and O–H groups in total. The summed E-state index contributed by atoms with van der Waals surface area (Å²) in [4.78, 5) is 15.5. The van der Waals surface area contributed by atoms with Gasteiger partial charge in [0, 0.05) is 29.7 Å². The van der Waals surface area contributed by atoms with Gasteiger partial charge in [0.1, 0.15) is 5.69 Å². The molecule has 0 aliphatic carbocycles. The van der Waals surface area contributed by atoms with E-state index in [0.29, 0.717) is 5.69 Å². The van der Waals surface area contributed by atoms with Crippen molar-refractivity contribution in [3.05, 3.63) is 96.4 Å². The van der Waals surface area contributed by atoms with Gasteiger partial charge < -0.3 is 5.11 Å². The molecular formula is C22H17N5O2. The highest BCUT2D eigenvalue weighted by atomic mass is 16.4. The van der Waals surface area contributed by atoms with Crippen LogP contribution in [0.3, 0.4) is 0 Å². The Labute approximate surface area is 167 Å². The maximum Gasteiger partial charge on any atom is 0.337 e. The van der Waals surface area contributed by atoms with Crippen molar-refractivity contribution >= 4 is 17.9 Å². The lowest BCUT2D eigenvalue weighted by atomic mass is 10.1. The number of rotatable bonds is 6. The number of hydrazone groups is 1. The number of nitrogens with one attached hydrogen (secondary N) is 1. The lowest BCUT2D eigenvalue weighted by molar-refractivity contribution is 0.0698. The van der Waals surface area contributed by atoms with Gasteiger partial charge in [0.15, 0.2) is 0 Å². The van der Waals surface area contributed by atoms with E-state index in [1.807, 2.05) is 48.7 Å². The first-order valence-electron chi connectivity index (χ1n) is 8.89. The fraction of sp³-hybridized carbons (Fsp3) is 0. The molecule has 4 rings (SSSR count). The number of carboxylic acids is 1. The summed E-state index contributed by atoms with van der Waals surface area (Å²) in [6.07, 6.45) is 6.93. The van der Waals surface area contributed by atoms with Gasteiger partial charge in [-0.15, -0.1) is 0 Å². The number of benzene rings is 2. The predicted molar refractivity (Wildman–Crippen MR) is 111 cm³/mol. The molecule has 2 aromatic heterocycles. The fourth-order valence-electron chi connectivity index (χ4n) is 2.86. The third-order valence-corrected chi connectivity index (χ3v) is 4.24. The molecule has 0 saturated heterocycles. The first kappa shape index (κ1) is 18.1. The van der Waals surface area contributed by atoms with Gasteiger partial charge in [0.2, 0.25) is 0 Å². The molecule has 0 aliphatic heterocycles. The van der Waals surface area contributed by atoms with Crippen LogP contribution in [0.15, 0.2) is 90.4 Å². The number of aromatic carboxylic acids is 1. The summed E-state index contributed by atoms with van der Waals surface area (Å²) in [5.41, 5.74) is 6.63. The molecule has 0 radical (unpaired) electrons. The van der Waals surface area contributed by atoms with Gasteiger partial charge in [-0.1, -0.05) is 30.3 Å². The Morgan fingerprint density at radius 1 is 1.03 bits per heavy atom. The molecule has 142 valence electrons. The lowest BCUT2D eigenvalue weighted by Crippen LogP contribution is -2.02. The molecule has 2 heterocycles. The predicted octanol–water partition coefficient (Wildman–Crippen LogP) is 4.08. The van der Waals surface area contributed by atoms with Crippen LogP contribution >= 0.6 is 0 Å². The van der Waals surface area contributed by atoms with Crippen LogP contribution in [-0.4, -0.2) is 32.1 Å².